The molecule has 168 valence electrons. The fraction of sp³-hybridized carbons (Fsp3) is 0.182. The Morgan fingerprint density at radius 1 is 1.06 bits per heavy atom. The second-order valence-corrected chi connectivity index (χ2v) is 9.61. The number of carbonyl (C=O) groups excluding carboxylic acids is 1. The molecule has 1 N–H and O–H groups in total. The monoisotopic (exact) mass is 495 g/mol. The Labute approximate surface area is 196 Å². The molecule has 0 aliphatic heterocycles. The first-order valence-corrected chi connectivity index (χ1v) is 11.8. The summed E-state index contributed by atoms with van der Waals surface area (Å²) in [4.78, 5) is 16.7. The molecule has 0 spiro atoms. The van der Waals surface area contributed by atoms with Crippen LogP contribution in [-0.2, 0) is 21.2 Å². The van der Waals surface area contributed by atoms with Gasteiger partial charge in [0.15, 0.2) is 0 Å². The number of anilines is 1. The van der Waals surface area contributed by atoms with Gasteiger partial charge in [-0.05, 0) is 73.5 Å². The Kier molecular flexibility index (Phi) is 7.71. The molecule has 3 rings (SSSR count). The average molecular weight is 496 g/mol. The molecule has 1 aromatic heterocycles. The standard InChI is InChI=1S/C22H20Cl2FN3O3S/c1-15(22(29)27-13-10-16-8-11-26-12-9-16)28(21-14-18(24)4-7-20(21)25)32(30,31)19-5-2-17(23)3-6-19/h2-9,11-12,14-15H,10,13H2,1H3,(H,27,29). The molecule has 10 heteroatoms. The van der Waals surface area contributed by atoms with Crippen molar-refractivity contribution in [1.82, 2.24) is 10.3 Å². The van der Waals surface area contributed by atoms with Crippen molar-refractivity contribution < 1.29 is 17.6 Å². The lowest BCUT2D eigenvalue weighted by Gasteiger charge is -2.30. The molecule has 1 amide bonds. The smallest absolute Gasteiger partial charge is 0.265 e. The predicted octanol–water partition coefficient (Wildman–Crippen LogP) is 4.47. The highest BCUT2D eigenvalue weighted by Gasteiger charge is 2.35. The van der Waals surface area contributed by atoms with Gasteiger partial charge in [-0.3, -0.25) is 14.1 Å². The van der Waals surface area contributed by atoms with Gasteiger partial charge in [0.2, 0.25) is 5.91 Å². The number of benzene rings is 2. The van der Waals surface area contributed by atoms with Gasteiger partial charge in [-0.25, -0.2) is 12.8 Å². The van der Waals surface area contributed by atoms with Crippen LogP contribution in [-0.4, -0.2) is 31.9 Å². The third-order valence-electron chi connectivity index (χ3n) is 4.71. The lowest BCUT2D eigenvalue weighted by atomic mass is 10.2. The van der Waals surface area contributed by atoms with Gasteiger partial charge in [0, 0.05) is 29.0 Å². The van der Waals surface area contributed by atoms with Crippen LogP contribution in [0.3, 0.4) is 0 Å². The van der Waals surface area contributed by atoms with Crippen molar-refractivity contribution in [2.45, 2.75) is 24.3 Å². The summed E-state index contributed by atoms with van der Waals surface area (Å²) in [5, 5.41) is 3.17. The van der Waals surface area contributed by atoms with E-state index in [0.29, 0.717) is 11.4 Å². The van der Waals surface area contributed by atoms with E-state index < -0.39 is 27.8 Å². The highest BCUT2D eigenvalue weighted by atomic mass is 35.5. The first-order valence-electron chi connectivity index (χ1n) is 9.62. The molecule has 0 bridgehead atoms. The van der Waals surface area contributed by atoms with E-state index in [1.54, 1.807) is 12.4 Å². The number of amides is 1. The zero-order chi connectivity index (χ0) is 23.3. The number of pyridine rings is 1. The zero-order valence-corrected chi connectivity index (χ0v) is 19.3. The van der Waals surface area contributed by atoms with E-state index in [1.165, 1.54) is 43.3 Å². The first kappa shape index (κ1) is 24.0. The maximum atomic E-state index is 14.7. The summed E-state index contributed by atoms with van der Waals surface area (Å²) in [7, 11) is -4.32. The van der Waals surface area contributed by atoms with E-state index in [-0.39, 0.29) is 22.2 Å². The summed E-state index contributed by atoms with van der Waals surface area (Å²) in [5.41, 5.74) is 0.628. The second kappa shape index (κ2) is 10.3. The Morgan fingerprint density at radius 3 is 2.34 bits per heavy atom. The largest absolute Gasteiger partial charge is 0.354 e. The summed E-state index contributed by atoms with van der Waals surface area (Å²) < 4.78 is 42.3. The number of hydrogen-bond acceptors (Lipinski definition) is 4. The molecule has 0 aliphatic carbocycles. The van der Waals surface area contributed by atoms with Gasteiger partial charge in [0.05, 0.1) is 10.6 Å². The number of hydrogen-bond donors (Lipinski definition) is 1. The molecule has 0 saturated carbocycles. The van der Waals surface area contributed by atoms with Crippen molar-refractivity contribution in [3.05, 3.63) is 88.4 Å². The van der Waals surface area contributed by atoms with Crippen molar-refractivity contribution in [1.29, 1.82) is 0 Å². The number of sulfonamides is 1. The van der Waals surface area contributed by atoms with Crippen LogP contribution < -0.4 is 9.62 Å². The minimum absolute atomic E-state index is 0.128. The summed E-state index contributed by atoms with van der Waals surface area (Å²) in [6, 6.07) is 11.3. The van der Waals surface area contributed by atoms with Crippen LogP contribution in [0, 0.1) is 5.82 Å². The van der Waals surface area contributed by atoms with Crippen LogP contribution in [0.2, 0.25) is 10.0 Å². The Hall–Kier alpha value is -2.68. The molecule has 0 saturated heterocycles. The van der Waals surface area contributed by atoms with E-state index in [1.807, 2.05) is 12.1 Å². The van der Waals surface area contributed by atoms with Crippen molar-refractivity contribution in [3.63, 3.8) is 0 Å². The summed E-state index contributed by atoms with van der Waals surface area (Å²) in [6.45, 7) is 1.65. The summed E-state index contributed by atoms with van der Waals surface area (Å²) >= 11 is 11.9. The molecule has 0 fully saturated rings. The lowest BCUT2D eigenvalue weighted by Crippen LogP contribution is -2.49. The Bertz CT molecular complexity index is 1190. The van der Waals surface area contributed by atoms with Crippen molar-refractivity contribution in [3.8, 4) is 0 Å². The number of rotatable bonds is 8. The minimum atomic E-state index is -4.32. The van der Waals surface area contributed by atoms with Gasteiger partial charge in [-0.15, -0.1) is 0 Å². The minimum Gasteiger partial charge on any atom is -0.354 e. The Morgan fingerprint density at radius 2 is 1.69 bits per heavy atom. The van der Waals surface area contributed by atoms with Gasteiger partial charge in [-0.1, -0.05) is 23.2 Å². The first-order chi connectivity index (χ1) is 15.2. The van der Waals surface area contributed by atoms with E-state index >= 15 is 0 Å². The molecule has 2 aromatic carbocycles. The van der Waals surface area contributed by atoms with Gasteiger partial charge >= 0.3 is 0 Å². The maximum absolute atomic E-state index is 14.7. The molecule has 0 aliphatic rings. The lowest BCUT2D eigenvalue weighted by molar-refractivity contribution is -0.121. The molecular formula is C22H20Cl2FN3O3S. The van der Waals surface area contributed by atoms with Crippen LogP contribution >= 0.6 is 23.2 Å². The van der Waals surface area contributed by atoms with Crippen LogP contribution in [0.25, 0.3) is 0 Å². The fourth-order valence-electron chi connectivity index (χ4n) is 3.05. The van der Waals surface area contributed by atoms with Gasteiger partial charge in [-0.2, -0.15) is 0 Å². The van der Waals surface area contributed by atoms with Gasteiger partial charge in [0.25, 0.3) is 10.0 Å². The molecule has 6 nitrogen and oxygen atoms in total. The van der Waals surface area contributed by atoms with Gasteiger partial charge in [0.1, 0.15) is 11.9 Å². The maximum Gasteiger partial charge on any atom is 0.265 e. The van der Waals surface area contributed by atoms with Crippen molar-refractivity contribution in [2.24, 2.45) is 0 Å². The van der Waals surface area contributed by atoms with E-state index in [9.17, 15) is 17.6 Å². The van der Waals surface area contributed by atoms with Crippen LogP contribution in [0.5, 0.6) is 0 Å². The second-order valence-electron chi connectivity index (χ2n) is 6.92. The van der Waals surface area contributed by atoms with Gasteiger partial charge < -0.3 is 5.32 Å². The third-order valence-corrected chi connectivity index (χ3v) is 7.10. The van der Waals surface area contributed by atoms with E-state index in [2.05, 4.69) is 10.3 Å². The number of nitrogens with zero attached hydrogens (tertiary/aromatic N) is 2. The zero-order valence-electron chi connectivity index (χ0n) is 17.0. The van der Waals surface area contributed by atoms with Crippen LogP contribution in [0.4, 0.5) is 10.1 Å². The normalized spacial score (nSPS) is 12.2. The third kappa shape index (κ3) is 5.56. The van der Waals surface area contributed by atoms with E-state index in [4.69, 9.17) is 23.2 Å². The Balaban J connectivity index is 1.92. The number of carbonyl (C=O) groups is 1. The van der Waals surface area contributed by atoms with E-state index in [0.717, 1.165) is 15.9 Å². The molecule has 1 heterocycles. The van der Waals surface area contributed by atoms with Crippen LogP contribution in [0.1, 0.15) is 12.5 Å². The average Bonchev–Trinajstić information content (AvgIpc) is 2.77. The van der Waals surface area contributed by atoms with Crippen molar-refractivity contribution in [2.75, 3.05) is 10.8 Å². The quantitative estimate of drug-likeness (QED) is 0.499. The van der Waals surface area contributed by atoms with Crippen LogP contribution in [0.15, 0.2) is 71.9 Å². The molecular weight excluding hydrogens is 476 g/mol. The highest BCUT2D eigenvalue weighted by molar-refractivity contribution is 7.93. The molecule has 1 unspecified atom stereocenters. The van der Waals surface area contributed by atoms with Crippen molar-refractivity contribution >= 4 is 44.8 Å². The number of halogens is 3. The summed E-state index contributed by atoms with van der Waals surface area (Å²) in [5.74, 6) is -1.42. The molecule has 3 aromatic rings. The predicted molar refractivity (Wildman–Crippen MR) is 123 cm³/mol. The fourth-order valence-corrected chi connectivity index (χ4v) is 4.97. The highest BCUT2D eigenvalue weighted by Crippen LogP contribution is 2.31. The molecule has 32 heavy (non-hydrogen) atoms. The summed E-state index contributed by atoms with van der Waals surface area (Å²) in [6.07, 6.45) is 3.81. The topological polar surface area (TPSA) is 79.4 Å². The molecule has 1 atom stereocenters. The molecule has 0 radical (unpaired) electrons. The SMILES string of the molecule is CC(C(=O)NCCc1ccncc1)N(c1cc(Cl)ccc1F)S(=O)(=O)c1ccc(Cl)cc1. The number of nitrogens with one attached hydrogen (secondary N) is 1. The number of aromatic nitrogens is 1.